The second kappa shape index (κ2) is 6.91. The molecule has 0 saturated heterocycles. The summed E-state index contributed by atoms with van der Waals surface area (Å²) in [6.45, 7) is 7.00. The molecular weight excluding hydrogens is 312 g/mol. The van der Waals surface area contributed by atoms with Gasteiger partial charge in [0.05, 0.1) is 5.75 Å². The van der Waals surface area contributed by atoms with Crippen molar-refractivity contribution in [1.82, 2.24) is 30.4 Å². The quantitative estimate of drug-likeness (QED) is 0.642. The predicted molar refractivity (Wildman–Crippen MR) is 86.9 cm³/mol. The van der Waals surface area contributed by atoms with Gasteiger partial charge in [-0.05, 0) is 42.8 Å². The molecule has 7 nitrogen and oxygen atoms in total. The van der Waals surface area contributed by atoms with Gasteiger partial charge >= 0.3 is 0 Å². The van der Waals surface area contributed by atoms with Crippen molar-refractivity contribution in [3.63, 3.8) is 0 Å². The van der Waals surface area contributed by atoms with Gasteiger partial charge in [0.25, 0.3) is 5.22 Å². The lowest BCUT2D eigenvalue weighted by atomic mass is 10.1. The van der Waals surface area contributed by atoms with Crippen molar-refractivity contribution in [3.8, 4) is 11.5 Å². The van der Waals surface area contributed by atoms with Crippen molar-refractivity contribution in [2.24, 2.45) is 0 Å². The number of thioether (sulfide) groups is 1. The second-order valence-corrected chi connectivity index (χ2v) is 6.28. The Kier molecular flexibility index (Phi) is 4.71. The van der Waals surface area contributed by atoms with Gasteiger partial charge in [0, 0.05) is 12.1 Å². The molecule has 0 aliphatic carbocycles. The Bertz CT molecular complexity index is 777. The predicted octanol–water partition coefficient (Wildman–Crippen LogP) is 3.04. The molecule has 0 aliphatic rings. The first-order valence-electron chi connectivity index (χ1n) is 7.45. The molecule has 0 fully saturated rings. The average molecular weight is 330 g/mol. The molecule has 0 radical (unpaired) electrons. The highest BCUT2D eigenvalue weighted by Gasteiger charge is 2.12. The molecule has 2 heterocycles. The molecule has 0 amide bonds. The molecule has 1 aromatic carbocycles. The maximum absolute atomic E-state index is 5.74. The van der Waals surface area contributed by atoms with E-state index < -0.39 is 0 Å². The summed E-state index contributed by atoms with van der Waals surface area (Å²) in [5.41, 5.74) is 3.29. The Morgan fingerprint density at radius 3 is 2.61 bits per heavy atom. The highest BCUT2D eigenvalue weighted by molar-refractivity contribution is 7.98. The van der Waals surface area contributed by atoms with Crippen molar-refractivity contribution in [3.05, 3.63) is 35.2 Å². The van der Waals surface area contributed by atoms with Crippen LogP contribution in [0, 0.1) is 13.8 Å². The van der Waals surface area contributed by atoms with Gasteiger partial charge in [-0.1, -0.05) is 35.9 Å². The number of aryl methyl sites for hydroxylation is 3. The monoisotopic (exact) mass is 330 g/mol. The van der Waals surface area contributed by atoms with Gasteiger partial charge in [-0.25, -0.2) is 4.68 Å². The number of hydrogen-bond acceptors (Lipinski definition) is 7. The Morgan fingerprint density at radius 1 is 1.09 bits per heavy atom. The molecular formula is C15H18N6OS. The van der Waals surface area contributed by atoms with Gasteiger partial charge in [-0.3, -0.25) is 0 Å². The summed E-state index contributed by atoms with van der Waals surface area (Å²) in [5.74, 6) is 1.94. The topological polar surface area (TPSA) is 82.5 Å². The lowest BCUT2D eigenvalue weighted by Gasteiger charge is -2.01. The smallest absolute Gasteiger partial charge is 0.277 e. The Morgan fingerprint density at radius 2 is 1.87 bits per heavy atom. The fourth-order valence-electron chi connectivity index (χ4n) is 2.32. The maximum atomic E-state index is 5.74. The van der Waals surface area contributed by atoms with Gasteiger partial charge in [0.15, 0.2) is 5.82 Å². The fraction of sp³-hybridized carbons (Fsp3) is 0.400. The van der Waals surface area contributed by atoms with Crippen LogP contribution < -0.4 is 0 Å². The standard InChI is InChI=1S/C15H18N6OS/c1-4-5-21-13(16-19-20-21)9-23-15-18-17-14(22-15)12-7-10(2)6-11(3)8-12/h6-8H,4-5,9H2,1-3H3. The molecule has 3 rings (SSSR count). The summed E-state index contributed by atoms with van der Waals surface area (Å²) in [4.78, 5) is 0. The minimum Gasteiger partial charge on any atom is -0.411 e. The third kappa shape index (κ3) is 3.76. The van der Waals surface area contributed by atoms with E-state index in [4.69, 9.17) is 4.42 Å². The van der Waals surface area contributed by atoms with Gasteiger partial charge in [-0.15, -0.1) is 15.3 Å². The second-order valence-electron chi connectivity index (χ2n) is 5.36. The minimum absolute atomic E-state index is 0.519. The summed E-state index contributed by atoms with van der Waals surface area (Å²) >= 11 is 1.44. The summed E-state index contributed by atoms with van der Waals surface area (Å²) < 4.78 is 7.54. The molecule has 0 aliphatic heterocycles. The zero-order valence-corrected chi connectivity index (χ0v) is 14.2. The lowest BCUT2D eigenvalue weighted by Crippen LogP contribution is -2.04. The highest BCUT2D eigenvalue weighted by atomic mass is 32.2. The van der Waals surface area contributed by atoms with E-state index in [-0.39, 0.29) is 0 Å². The fourth-order valence-corrected chi connectivity index (χ4v) is 3.02. The molecule has 0 N–H and O–H groups in total. The van der Waals surface area contributed by atoms with Crippen molar-refractivity contribution in [2.45, 2.75) is 44.7 Å². The summed E-state index contributed by atoms with van der Waals surface area (Å²) in [7, 11) is 0. The average Bonchev–Trinajstić information content (AvgIpc) is 3.13. The molecule has 0 spiro atoms. The minimum atomic E-state index is 0.519. The van der Waals surface area contributed by atoms with Gasteiger partial charge in [-0.2, -0.15) is 0 Å². The summed E-state index contributed by atoms with van der Waals surface area (Å²) in [6.07, 6.45) is 0.986. The Hall–Kier alpha value is -2.22. The van der Waals surface area contributed by atoms with E-state index in [1.807, 2.05) is 12.1 Å². The van der Waals surface area contributed by atoms with Crippen LogP contribution in [0.15, 0.2) is 27.8 Å². The first-order chi connectivity index (χ1) is 11.2. The molecule has 2 aromatic heterocycles. The zero-order valence-electron chi connectivity index (χ0n) is 13.4. The first kappa shape index (κ1) is 15.7. The molecule has 0 unspecified atom stereocenters. The van der Waals surface area contributed by atoms with E-state index in [0.717, 1.165) is 24.4 Å². The molecule has 0 atom stereocenters. The van der Waals surface area contributed by atoms with Crippen LogP contribution in [0.3, 0.4) is 0 Å². The normalized spacial score (nSPS) is 11.1. The van der Waals surface area contributed by atoms with Crippen LogP contribution in [0.2, 0.25) is 0 Å². The van der Waals surface area contributed by atoms with E-state index >= 15 is 0 Å². The first-order valence-corrected chi connectivity index (χ1v) is 8.44. The Balaban J connectivity index is 1.71. The van der Waals surface area contributed by atoms with Crippen LogP contribution in [-0.2, 0) is 12.3 Å². The van der Waals surface area contributed by atoms with Crippen LogP contribution >= 0.6 is 11.8 Å². The van der Waals surface area contributed by atoms with Crippen molar-refractivity contribution >= 4 is 11.8 Å². The van der Waals surface area contributed by atoms with Gasteiger partial charge < -0.3 is 4.42 Å². The van der Waals surface area contributed by atoms with Crippen LogP contribution in [0.4, 0.5) is 0 Å². The van der Waals surface area contributed by atoms with Gasteiger partial charge in [0.1, 0.15) is 0 Å². The number of rotatable bonds is 6. The molecule has 0 bridgehead atoms. The van der Waals surface area contributed by atoms with Gasteiger partial charge in [0.2, 0.25) is 5.89 Å². The summed E-state index contributed by atoms with van der Waals surface area (Å²) in [5, 5.41) is 20.4. The van der Waals surface area contributed by atoms with Crippen molar-refractivity contribution in [1.29, 1.82) is 0 Å². The van der Waals surface area contributed by atoms with Crippen LogP contribution in [-0.4, -0.2) is 30.4 Å². The third-order valence-corrected chi connectivity index (χ3v) is 4.06. The van der Waals surface area contributed by atoms with E-state index in [1.165, 1.54) is 22.9 Å². The summed E-state index contributed by atoms with van der Waals surface area (Å²) in [6, 6.07) is 6.19. The van der Waals surface area contributed by atoms with E-state index in [0.29, 0.717) is 16.9 Å². The van der Waals surface area contributed by atoms with Crippen LogP contribution in [0.1, 0.15) is 30.3 Å². The SMILES string of the molecule is CCCn1nnnc1CSc1nnc(-c2cc(C)cc(C)c2)o1. The number of aromatic nitrogens is 6. The Labute approximate surface area is 138 Å². The maximum Gasteiger partial charge on any atom is 0.277 e. The number of hydrogen-bond donors (Lipinski definition) is 0. The number of nitrogens with zero attached hydrogens (tertiary/aromatic N) is 6. The highest BCUT2D eigenvalue weighted by Crippen LogP contribution is 2.26. The van der Waals surface area contributed by atoms with E-state index in [1.54, 1.807) is 4.68 Å². The lowest BCUT2D eigenvalue weighted by molar-refractivity contribution is 0.465. The molecule has 8 heteroatoms. The molecule has 23 heavy (non-hydrogen) atoms. The van der Waals surface area contributed by atoms with Crippen molar-refractivity contribution in [2.75, 3.05) is 0 Å². The molecule has 0 saturated carbocycles. The number of benzene rings is 1. The molecule has 120 valence electrons. The zero-order chi connectivity index (χ0) is 16.2. The van der Waals surface area contributed by atoms with Crippen LogP contribution in [0.5, 0.6) is 0 Å². The largest absolute Gasteiger partial charge is 0.411 e. The van der Waals surface area contributed by atoms with E-state index in [2.05, 4.69) is 52.6 Å². The van der Waals surface area contributed by atoms with E-state index in [9.17, 15) is 0 Å². The van der Waals surface area contributed by atoms with Crippen LogP contribution in [0.25, 0.3) is 11.5 Å². The number of tetrazole rings is 1. The third-order valence-electron chi connectivity index (χ3n) is 3.24. The molecule has 3 aromatic rings. The van der Waals surface area contributed by atoms with Crippen molar-refractivity contribution < 1.29 is 4.42 Å².